The van der Waals surface area contributed by atoms with Crippen molar-refractivity contribution in [2.75, 3.05) is 35.4 Å². The molecule has 1 saturated heterocycles. The molecule has 1 atom stereocenters. The van der Waals surface area contributed by atoms with Crippen molar-refractivity contribution in [3.8, 4) is 33.1 Å². The number of nitrogens with one attached hydrogen (secondary N) is 3. The van der Waals surface area contributed by atoms with E-state index in [1.54, 1.807) is 45.2 Å². The lowest BCUT2D eigenvalue weighted by atomic mass is 9.93. The van der Waals surface area contributed by atoms with Gasteiger partial charge in [-0.2, -0.15) is 0 Å². The Balaban J connectivity index is 1.59. The monoisotopic (exact) mass is 697 g/mol. The standard InChI is InChI=1S/C32H36FN7O6S2/c1-5-16-48(44,45)39-23-11-7-10-21(27(23)33)25-18-47-28(36-25)26-19(8-6-9-20(26)24-17-40(31(42)43)15-14-34-24)22-12-13-35-29(37-22)38-30(41)46-32(2,3)4/h6-13,18,24,34,39H,5,14-17H2,1-4H3,(H,42,43)(H,35,37,38,41). The van der Waals surface area contributed by atoms with E-state index in [0.717, 1.165) is 5.56 Å². The summed E-state index contributed by atoms with van der Waals surface area (Å²) in [6.07, 6.45) is 0.109. The average Bonchev–Trinajstić information content (AvgIpc) is 3.50. The molecule has 254 valence electrons. The molecular formula is C32H36FN7O6S2. The predicted molar refractivity (Wildman–Crippen MR) is 182 cm³/mol. The van der Waals surface area contributed by atoms with E-state index in [2.05, 4.69) is 25.3 Å². The van der Waals surface area contributed by atoms with Gasteiger partial charge in [0.15, 0.2) is 5.82 Å². The molecule has 5 rings (SSSR count). The Labute approximate surface area is 281 Å². The van der Waals surface area contributed by atoms with E-state index in [-0.39, 0.29) is 35.2 Å². The summed E-state index contributed by atoms with van der Waals surface area (Å²) in [5.74, 6) is -0.902. The molecule has 16 heteroatoms. The molecule has 0 bridgehead atoms. The minimum absolute atomic E-state index is 0.00943. The lowest BCUT2D eigenvalue weighted by Gasteiger charge is -2.33. The number of ether oxygens (including phenoxy) is 1. The number of halogens is 1. The maximum absolute atomic E-state index is 15.7. The Bertz CT molecular complexity index is 1930. The molecule has 4 aromatic rings. The van der Waals surface area contributed by atoms with Crippen molar-refractivity contribution in [3.05, 3.63) is 65.4 Å². The van der Waals surface area contributed by atoms with Crippen LogP contribution in [0.2, 0.25) is 0 Å². The van der Waals surface area contributed by atoms with Gasteiger partial charge in [0.05, 0.1) is 28.9 Å². The van der Waals surface area contributed by atoms with Crippen LogP contribution in [0.25, 0.3) is 33.1 Å². The van der Waals surface area contributed by atoms with E-state index < -0.39 is 39.7 Å². The second-order valence-electron chi connectivity index (χ2n) is 12.0. The summed E-state index contributed by atoms with van der Waals surface area (Å²) in [5, 5.41) is 17.8. The Hall–Kier alpha value is -4.67. The van der Waals surface area contributed by atoms with Crippen LogP contribution >= 0.6 is 11.3 Å². The highest BCUT2D eigenvalue weighted by Gasteiger charge is 2.29. The molecule has 1 fully saturated rings. The van der Waals surface area contributed by atoms with Crippen LogP contribution in [-0.4, -0.2) is 76.6 Å². The fourth-order valence-electron chi connectivity index (χ4n) is 5.22. The first-order valence-electron chi connectivity index (χ1n) is 15.2. The molecule has 2 amide bonds. The molecule has 0 saturated carbocycles. The number of anilines is 2. The number of carbonyl (C=O) groups excluding carboxylic acids is 1. The summed E-state index contributed by atoms with van der Waals surface area (Å²) >= 11 is 1.24. The van der Waals surface area contributed by atoms with Crippen LogP contribution in [-0.2, 0) is 14.8 Å². The molecule has 48 heavy (non-hydrogen) atoms. The Morgan fingerprint density at radius 3 is 2.60 bits per heavy atom. The molecule has 2 aromatic carbocycles. The predicted octanol–water partition coefficient (Wildman–Crippen LogP) is 6.20. The lowest BCUT2D eigenvalue weighted by Crippen LogP contribution is -2.47. The first-order valence-corrected chi connectivity index (χ1v) is 17.7. The summed E-state index contributed by atoms with van der Waals surface area (Å²) in [6, 6.07) is 11.2. The fourth-order valence-corrected chi connectivity index (χ4v) is 7.25. The fraction of sp³-hybridized carbons (Fsp3) is 0.344. The van der Waals surface area contributed by atoms with Gasteiger partial charge in [-0.1, -0.05) is 31.2 Å². The summed E-state index contributed by atoms with van der Waals surface area (Å²) in [6.45, 7) is 7.86. The molecule has 1 aliphatic rings. The van der Waals surface area contributed by atoms with Crippen LogP contribution in [0.5, 0.6) is 0 Å². The van der Waals surface area contributed by atoms with Crippen LogP contribution < -0.4 is 15.4 Å². The highest BCUT2D eigenvalue weighted by molar-refractivity contribution is 7.92. The van der Waals surface area contributed by atoms with Gasteiger partial charge in [-0.05, 0) is 51.0 Å². The number of carbonyl (C=O) groups is 2. The lowest BCUT2D eigenvalue weighted by molar-refractivity contribution is 0.0634. The molecule has 1 unspecified atom stereocenters. The number of piperazine rings is 1. The number of nitrogens with zero attached hydrogens (tertiary/aromatic N) is 4. The van der Waals surface area contributed by atoms with E-state index in [1.807, 2.05) is 18.2 Å². The highest BCUT2D eigenvalue weighted by Crippen LogP contribution is 2.41. The summed E-state index contributed by atoms with van der Waals surface area (Å²) in [7, 11) is -3.74. The number of hydrogen-bond acceptors (Lipinski definition) is 10. The smallest absolute Gasteiger partial charge is 0.414 e. The van der Waals surface area contributed by atoms with Crippen molar-refractivity contribution < 1.29 is 32.2 Å². The van der Waals surface area contributed by atoms with Gasteiger partial charge in [0, 0.05) is 47.9 Å². The average molecular weight is 698 g/mol. The zero-order chi connectivity index (χ0) is 34.6. The number of rotatable bonds is 9. The molecule has 0 radical (unpaired) electrons. The SMILES string of the molecule is CCCS(=O)(=O)Nc1cccc(-c2csc(-c3c(-c4ccnc(NC(=O)OC(C)(C)C)n4)cccc3C3CN(C(=O)O)CCN3)n2)c1F. The number of thiazole rings is 1. The Kier molecular flexibility index (Phi) is 10.3. The maximum atomic E-state index is 15.7. The largest absolute Gasteiger partial charge is 0.465 e. The maximum Gasteiger partial charge on any atom is 0.414 e. The topological polar surface area (TPSA) is 176 Å². The van der Waals surface area contributed by atoms with Crippen molar-refractivity contribution >= 4 is 45.2 Å². The van der Waals surface area contributed by atoms with Gasteiger partial charge in [0.25, 0.3) is 0 Å². The quantitative estimate of drug-likeness (QED) is 0.158. The second kappa shape index (κ2) is 14.2. The van der Waals surface area contributed by atoms with E-state index in [0.29, 0.717) is 41.3 Å². The third-order valence-corrected chi connectivity index (χ3v) is 9.53. The molecule has 0 aliphatic carbocycles. The van der Waals surface area contributed by atoms with E-state index in [9.17, 15) is 23.1 Å². The van der Waals surface area contributed by atoms with Crippen LogP contribution in [0, 0.1) is 5.82 Å². The summed E-state index contributed by atoms with van der Waals surface area (Å²) in [4.78, 5) is 39.2. The minimum Gasteiger partial charge on any atom is -0.465 e. The molecule has 3 heterocycles. The summed E-state index contributed by atoms with van der Waals surface area (Å²) in [5.41, 5.74) is 1.88. The Morgan fingerprint density at radius 2 is 1.88 bits per heavy atom. The number of amides is 2. The third-order valence-electron chi connectivity index (χ3n) is 7.19. The number of aromatic nitrogens is 3. The number of carboxylic acid groups (broad SMARTS) is 1. The van der Waals surface area contributed by atoms with Crippen molar-refractivity contribution in [3.63, 3.8) is 0 Å². The highest BCUT2D eigenvalue weighted by atomic mass is 32.2. The van der Waals surface area contributed by atoms with Gasteiger partial charge in [-0.25, -0.2) is 37.3 Å². The zero-order valence-electron chi connectivity index (χ0n) is 26.8. The van der Waals surface area contributed by atoms with E-state index in [1.165, 1.54) is 34.6 Å². The number of hydrogen-bond donors (Lipinski definition) is 4. The van der Waals surface area contributed by atoms with E-state index in [4.69, 9.17) is 9.72 Å². The normalized spacial score (nSPS) is 15.2. The second-order valence-corrected chi connectivity index (χ2v) is 14.7. The minimum atomic E-state index is -3.74. The molecule has 4 N–H and O–H groups in total. The van der Waals surface area contributed by atoms with Crippen LogP contribution in [0.1, 0.15) is 45.7 Å². The van der Waals surface area contributed by atoms with Crippen molar-refractivity contribution in [2.45, 2.75) is 45.8 Å². The van der Waals surface area contributed by atoms with Crippen molar-refractivity contribution in [2.24, 2.45) is 0 Å². The van der Waals surface area contributed by atoms with E-state index >= 15 is 4.39 Å². The first-order chi connectivity index (χ1) is 22.7. The van der Waals surface area contributed by atoms with Crippen molar-refractivity contribution in [1.82, 2.24) is 25.2 Å². The number of benzene rings is 2. The number of sulfonamides is 1. The van der Waals surface area contributed by atoms with Gasteiger partial charge in [0.2, 0.25) is 16.0 Å². The molecular weight excluding hydrogens is 662 g/mol. The molecule has 13 nitrogen and oxygen atoms in total. The van der Waals surface area contributed by atoms with Gasteiger partial charge in [0.1, 0.15) is 10.6 Å². The van der Waals surface area contributed by atoms with Crippen LogP contribution in [0.4, 0.5) is 25.6 Å². The zero-order valence-corrected chi connectivity index (χ0v) is 28.4. The van der Waals surface area contributed by atoms with Crippen LogP contribution in [0.3, 0.4) is 0 Å². The van der Waals surface area contributed by atoms with Gasteiger partial charge < -0.3 is 20.1 Å². The van der Waals surface area contributed by atoms with Crippen molar-refractivity contribution in [1.29, 1.82) is 0 Å². The van der Waals surface area contributed by atoms with Gasteiger partial charge in [-0.15, -0.1) is 11.3 Å². The Morgan fingerprint density at radius 1 is 1.12 bits per heavy atom. The van der Waals surface area contributed by atoms with Gasteiger partial charge >= 0.3 is 12.2 Å². The molecule has 0 spiro atoms. The van der Waals surface area contributed by atoms with Crippen LogP contribution in [0.15, 0.2) is 54.0 Å². The molecule has 1 aliphatic heterocycles. The van der Waals surface area contributed by atoms with Gasteiger partial charge in [-0.3, -0.25) is 10.0 Å². The molecule has 2 aromatic heterocycles. The third kappa shape index (κ3) is 8.24. The summed E-state index contributed by atoms with van der Waals surface area (Å²) < 4.78 is 48.2. The first kappa shape index (κ1) is 34.7.